The van der Waals surface area contributed by atoms with Crippen molar-refractivity contribution < 1.29 is 14.3 Å². The smallest absolute Gasteiger partial charge is 0.273 e. The quantitative estimate of drug-likeness (QED) is 0.367. The molecule has 1 amide bonds. The molecule has 2 aliphatic rings. The Morgan fingerprint density at radius 3 is 2.58 bits per heavy atom. The molecule has 1 saturated heterocycles. The van der Waals surface area contributed by atoms with E-state index in [0.717, 1.165) is 76.5 Å². The van der Waals surface area contributed by atoms with Gasteiger partial charge in [-0.2, -0.15) is 5.10 Å². The Hall–Kier alpha value is -3.41. The van der Waals surface area contributed by atoms with Crippen molar-refractivity contribution in [1.29, 1.82) is 0 Å². The summed E-state index contributed by atoms with van der Waals surface area (Å²) in [5.41, 5.74) is 11.2. The Labute approximate surface area is 233 Å². The minimum absolute atomic E-state index is 0.0813. The van der Waals surface area contributed by atoms with Gasteiger partial charge in [0.2, 0.25) is 0 Å². The van der Waals surface area contributed by atoms with Crippen molar-refractivity contribution in [1.82, 2.24) is 24.6 Å². The molecule has 0 saturated carbocycles. The Kier molecular flexibility index (Phi) is 9.03. The van der Waals surface area contributed by atoms with E-state index in [-0.39, 0.29) is 5.91 Å². The van der Waals surface area contributed by atoms with E-state index in [1.807, 2.05) is 52.9 Å². The van der Waals surface area contributed by atoms with Crippen molar-refractivity contribution in [3.05, 3.63) is 64.0 Å². The third kappa shape index (κ3) is 5.13. The van der Waals surface area contributed by atoms with Crippen LogP contribution in [-0.4, -0.2) is 64.6 Å². The molecule has 198 valence electrons. The number of aromatic nitrogens is 4. The summed E-state index contributed by atoms with van der Waals surface area (Å²) in [5, 5.41) is 5.72. The van der Waals surface area contributed by atoms with Gasteiger partial charge in [-0.15, -0.1) is 0 Å². The van der Waals surface area contributed by atoms with Gasteiger partial charge in [0.05, 0.1) is 34.8 Å². The predicted octanol–water partition coefficient (Wildman–Crippen LogP) is 4.55. The summed E-state index contributed by atoms with van der Waals surface area (Å²) in [5.74, 6) is 0.0813. The standard InChI is InChI=1S/C25H22BrN5O2S.CH5N.CH2O/c1-33-25-28-19-8-7-17-21(16-5-4-10-27-14-16)29-31(22(17)23(19)34-25)20-9-6-15(13-18(20)26)24(32)30-11-2-3-12-30;2*1-2/h4-6,9-10,13-14H,2-3,7-8,11-12H2,1H3;2H2,1H3;1H2. The van der Waals surface area contributed by atoms with Gasteiger partial charge in [0.25, 0.3) is 11.1 Å². The van der Waals surface area contributed by atoms with Crippen LogP contribution < -0.4 is 10.5 Å². The van der Waals surface area contributed by atoms with Crippen LogP contribution >= 0.6 is 27.3 Å². The lowest BCUT2D eigenvalue weighted by Crippen LogP contribution is -2.27. The van der Waals surface area contributed by atoms with Crippen LogP contribution in [0.5, 0.6) is 5.19 Å². The lowest BCUT2D eigenvalue weighted by Gasteiger charge is -2.17. The molecule has 0 unspecified atom stereocenters. The summed E-state index contributed by atoms with van der Waals surface area (Å²) >= 11 is 5.27. The summed E-state index contributed by atoms with van der Waals surface area (Å²) in [6.07, 6.45) is 7.44. The van der Waals surface area contributed by atoms with Gasteiger partial charge >= 0.3 is 0 Å². The van der Waals surface area contributed by atoms with Crippen LogP contribution in [0.3, 0.4) is 0 Å². The fourth-order valence-electron chi connectivity index (χ4n) is 4.76. The second kappa shape index (κ2) is 12.4. The number of rotatable bonds is 4. The zero-order valence-electron chi connectivity index (χ0n) is 21.3. The number of thiazole rings is 1. The number of likely N-dealkylation sites (tertiary alicyclic amines) is 1. The fourth-order valence-corrected chi connectivity index (χ4v) is 6.29. The molecule has 4 aromatic rings. The molecule has 6 rings (SSSR count). The van der Waals surface area contributed by atoms with E-state index >= 15 is 0 Å². The highest BCUT2D eigenvalue weighted by molar-refractivity contribution is 9.10. The number of benzene rings is 1. The van der Waals surface area contributed by atoms with E-state index < -0.39 is 0 Å². The van der Waals surface area contributed by atoms with Gasteiger partial charge in [-0.3, -0.25) is 9.78 Å². The van der Waals surface area contributed by atoms with Crippen molar-refractivity contribution in [2.45, 2.75) is 25.7 Å². The molecule has 0 atom stereocenters. The molecule has 11 heteroatoms. The number of amides is 1. The SMILES string of the molecule is C=O.CN.COc1nc2c(s1)-c1c(c(-c3cccnc3)nn1-c1ccc(C(=O)N3CCCC3)cc1Br)CC2. The Bertz CT molecular complexity index is 1420. The molecule has 1 aliphatic carbocycles. The van der Waals surface area contributed by atoms with Gasteiger partial charge in [0.1, 0.15) is 6.79 Å². The van der Waals surface area contributed by atoms with Gasteiger partial charge in [-0.25, -0.2) is 9.67 Å². The number of halogens is 1. The Morgan fingerprint density at radius 1 is 1.16 bits per heavy atom. The average molecular weight is 598 g/mol. The number of nitrogens with two attached hydrogens (primary N) is 1. The third-order valence-corrected chi connectivity index (χ3v) is 8.11. The number of hydrogen-bond donors (Lipinski definition) is 1. The number of fused-ring (bicyclic) bond motifs is 3. The molecule has 38 heavy (non-hydrogen) atoms. The fraction of sp³-hybridized carbons (Fsp3) is 0.296. The molecular formula is C27H29BrN6O3S. The lowest BCUT2D eigenvalue weighted by atomic mass is 9.95. The highest BCUT2D eigenvalue weighted by atomic mass is 79.9. The Balaban J connectivity index is 0.000000804. The molecule has 0 spiro atoms. The summed E-state index contributed by atoms with van der Waals surface area (Å²) in [6.45, 7) is 3.66. The maximum absolute atomic E-state index is 12.9. The van der Waals surface area contributed by atoms with Crippen molar-refractivity contribution in [3.8, 4) is 32.7 Å². The highest BCUT2D eigenvalue weighted by Crippen LogP contribution is 2.45. The van der Waals surface area contributed by atoms with Crippen LogP contribution in [0.2, 0.25) is 0 Å². The molecule has 0 radical (unpaired) electrons. The van der Waals surface area contributed by atoms with Crippen LogP contribution in [0.1, 0.15) is 34.5 Å². The topological polar surface area (TPSA) is 116 Å². The first-order valence-electron chi connectivity index (χ1n) is 12.2. The first-order valence-corrected chi connectivity index (χ1v) is 13.8. The summed E-state index contributed by atoms with van der Waals surface area (Å²) in [4.78, 5) is 32.9. The lowest BCUT2D eigenvalue weighted by molar-refractivity contribution is -0.0980. The van der Waals surface area contributed by atoms with E-state index in [1.165, 1.54) is 12.6 Å². The highest BCUT2D eigenvalue weighted by Gasteiger charge is 2.31. The normalized spacial score (nSPS) is 13.4. The number of carbonyl (C=O) groups excluding carboxylic acids is 2. The molecule has 0 bridgehead atoms. The van der Waals surface area contributed by atoms with Crippen molar-refractivity contribution in [3.63, 3.8) is 0 Å². The first kappa shape index (κ1) is 27.6. The van der Waals surface area contributed by atoms with Gasteiger partial charge in [-0.1, -0.05) is 11.3 Å². The van der Waals surface area contributed by atoms with E-state index in [0.29, 0.717) is 10.8 Å². The maximum atomic E-state index is 12.9. The molecule has 2 N–H and O–H groups in total. The number of aryl methyl sites for hydroxylation is 1. The number of carbonyl (C=O) groups is 2. The van der Waals surface area contributed by atoms with E-state index in [2.05, 4.69) is 31.6 Å². The summed E-state index contributed by atoms with van der Waals surface area (Å²) < 4.78 is 8.25. The monoisotopic (exact) mass is 596 g/mol. The molecule has 4 heterocycles. The molecule has 1 fully saturated rings. The minimum atomic E-state index is 0.0813. The van der Waals surface area contributed by atoms with Gasteiger partial charge in [0, 0.05) is 46.6 Å². The number of ether oxygens (including phenoxy) is 1. The second-order valence-corrected chi connectivity index (χ2v) is 10.3. The summed E-state index contributed by atoms with van der Waals surface area (Å²) in [7, 11) is 3.15. The van der Waals surface area contributed by atoms with Crippen molar-refractivity contribution in [2.75, 3.05) is 27.2 Å². The number of methoxy groups -OCH3 is 1. The Morgan fingerprint density at radius 2 is 1.92 bits per heavy atom. The van der Waals surface area contributed by atoms with Crippen LogP contribution in [0.15, 0.2) is 47.2 Å². The molecule has 1 aromatic carbocycles. The minimum Gasteiger partial charge on any atom is -0.473 e. The number of pyridine rings is 1. The maximum Gasteiger partial charge on any atom is 0.273 e. The van der Waals surface area contributed by atoms with Gasteiger partial charge < -0.3 is 20.2 Å². The zero-order chi connectivity index (χ0) is 27.2. The van der Waals surface area contributed by atoms with E-state index in [4.69, 9.17) is 14.6 Å². The van der Waals surface area contributed by atoms with Crippen LogP contribution in [0, 0.1) is 0 Å². The van der Waals surface area contributed by atoms with Crippen LogP contribution in [0.25, 0.3) is 27.5 Å². The zero-order valence-corrected chi connectivity index (χ0v) is 23.7. The predicted molar refractivity (Wildman–Crippen MR) is 152 cm³/mol. The second-order valence-electron chi connectivity index (χ2n) is 8.45. The molecule has 3 aromatic heterocycles. The van der Waals surface area contributed by atoms with Crippen molar-refractivity contribution >= 4 is 40.0 Å². The van der Waals surface area contributed by atoms with Gasteiger partial charge in [-0.05, 0) is 79.0 Å². The van der Waals surface area contributed by atoms with E-state index in [1.54, 1.807) is 24.6 Å². The van der Waals surface area contributed by atoms with Gasteiger partial charge in [0.15, 0.2) is 0 Å². The average Bonchev–Trinajstić information content (AvgIpc) is 3.73. The third-order valence-electron chi connectivity index (χ3n) is 6.41. The molecular weight excluding hydrogens is 568 g/mol. The van der Waals surface area contributed by atoms with Crippen LogP contribution in [0.4, 0.5) is 0 Å². The number of nitrogens with zero attached hydrogens (tertiary/aromatic N) is 5. The first-order chi connectivity index (χ1) is 18.6. The molecule has 9 nitrogen and oxygen atoms in total. The van der Waals surface area contributed by atoms with E-state index in [9.17, 15) is 4.79 Å². The van der Waals surface area contributed by atoms with Crippen LogP contribution in [-0.2, 0) is 17.6 Å². The van der Waals surface area contributed by atoms with Crippen molar-refractivity contribution in [2.24, 2.45) is 5.73 Å². The largest absolute Gasteiger partial charge is 0.473 e. The molecule has 1 aliphatic heterocycles. The summed E-state index contributed by atoms with van der Waals surface area (Å²) in [6, 6.07) is 9.75. The number of hydrogen-bond acceptors (Lipinski definition) is 8.